The van der Waals surface area contributed by atoms with Gasteiger partial charge in [-0.1, -0.05) is 6.07 Å². The molecule has 1 fully saturated rings. The van der Waals surface area contributed by atoms with E-state index >= 15 is 0 Å². The van der Waals surface area contributed by atoms with Gasteiger partial charge in [0.2, 0.25) is 11.7 Å². The van der Waals surface area contributed by atoms with Crippen LogP contribution in [0.15, 0.2) is 45.8 Å². The Morgan fingerprint density at radius 1 is 1.33 bits per heavy atom. The van der Waals surface area contributed by atoms with Crippen LogP contribution in [0.1, 0.15) is 5.56 Å². The van der Waals surface area contributed by atoms with Gasteiger partial charge in [-0.2, -0.15) is 0 Å². The molecule has 1 aliphatic heterocycles. The third-order valence-corrected chi connectivity index (χ3v) is 5.36. The second kappa shape index (κ2) is 8.63. The highest BCUT2D eigenvalue weighted by Gasteiger charge is 2.36. The molecule has 0 aromatic heterocycles. The Balaban J connectivity index is 1.77. The zero-order valence-electron chi connectivity index (χ0n) is 14.8. The molecule has 12 heteroatoms. The van der Waals surface area contributed by atoms with Crippen molar-refractivity contribution >= 4 is 62.2 Å². The van der Waals surface area contributed by atoms with E-state index < -0.39 is 45.8 Å². The molecule has 2 aromatic rings. The highest BCUT2D eigenvalue weighted by atomic mass is 79.9. The number of anilines is 1. The summed E-state index contributed by atoms with van der Waals surface area (Å²) in [5.41, 5.74) is -0.214. The van der Waals surface area contributed by atoms with Gasteiger partial charge >= 0.3 is 5.69 Å². The highest BCUT2D eigenvalue weighted by molar-refractivity contribution is 9.10. The van der Waals surface area contributed by atoms with Crippen LogP contribution in [0.4, 0.5) is 20.6 Å². The highest BCUT2D eigenvalue weighted by Crippen LogP contribution is 2.37. The molecule has 9 nitrogen and oxygen atoms in total. The zero-order chi connectivity index (χ0) is 22.0. The Morgan fingerprint density at radius 2 is 2.07 bits per heavy atom. The number of nitro benzene ring substituents is 1. The van der Waals surface area contributed by atoms with Gasteiger partial charge in [0.25, 0.3) is 11.1 Å². The number of nitrogens with zero attached hydrogens (tertiary/aromatic N) is 2. The number of benzene rings is 2. The van der Waals surface area contributed by atoms with Crippen LogP contribution in [-0.2, 0) is 9.59 Å². The molecule has 0 bridgehead atoms. The quantitative estimate of drug-likeness (QED) is 0.365. The van der Waals surface area contributed by atoms with Crippen LogP contribution in [-0.4, -0.2) is 38.5 Å². The lowest BCUT2D eigenvalue weighted by Crippen LogP contribution is -2.36. The maximum absolute atomic E-state index is 13.2. The van der Waals surface area contributed by atoms with E-state index in [1.807, 2.05) is 0 Å². The summed E-state index contributed by atoms with van der Waals surface area (Å²) in [6.07, 6.45) is 1.24. The van der Waals surface area contributed by atoms with E-state index in [0.29, 0.717) is 16.7 Å². The molecular formula is C18H11BrFN3O6S. The van der Waals surface area contributed by atoms with E-state index in [-0.39, 0.29) is 20.6 Å². The first kappa shape index (κ1) is 21.5. The van der Waals surface area contributed by atoms with Crippen molar-refractivity contribution in [1.82, 2.24) is 4.90 Å². The summed E-state index contributed by atoms with van der Waals surface area (Å²) in [5.74, 6) is -2.59. The molecule has 2 N–H and O–H groups in total. The minimum atomic E-state index is -0.792. The van der Waals surface area contributed by atoms with Crippen LogP contribution in [0, 0.1) is 15.9 Å². The zero-order valence-corrected chi connectivity index (χ0v) is 17.2. The fourth-order valence-electron chi connectivity index (χ4n) is 2.53. The van der Waals surface area contributed by atoms with Crippen LogP contribution in [0.25, 0.3) is 6.08 Å². The molecule has 0 spiro atoms. The number of nitrogens with one attached hydrogen (secondary N) is 1. The topological polar surface area (TPSA) is 130 Å². The third-order valence-electron chi connectivity index (χ3n) is 3.84. The van der Waals surface area contributed by atoms with Crippen molar-refractivity contribution in [3.05, 3.63) is 67.3 Å². The van der Waals surface area contributed by atoms with Crippen LogP contribution < -0.4 is 5.32 Å². The molecule has 1 heterocycles. The van der Waals surface area contributed by atoms with Crippen LogP contribution in [0.2, 0.25) is 0 Å². The summed E-state index contributed by atoms with van der Waals surface area (Å²) in [7, 11) is 0. The first-order valence-corrected chi connectivity index (χ1v) is 9.74. The summed E-state index contributed by atoms with van der Waals surface area (Å²) in [6.45, 7) is -0.585. The van der Waals surface area contributed by atoms with Gasteiger partial charge in [0.1, 0.15) is 12.4 Å². The Morgan fingerprint density at radius 3 is 2.73 bits per heavy atom. The lowest BCUT2D eigenvalue weighted by Gasteiger charge is -2.12. The average molecular weight is 496 g/mol. The Hall–Kier alpha value is -3.25. The molecule has 30 heavy (non-hydrogen) atoms. The van der Waals surface area contributed by atoms with Gasteiger partial charge < -0.3 is 10.4 Å². The van der Waals surface area contributed by atoms with E-state index in [4.69, 9.17) is 0 Å². The number of thioether (sulfide) groups is 1. The van der Waals surface area contributed by atoms with Crippen LogP contribution >= 0.6 is 27.7 Å². The van der Waals surface area contributed by atoms with Gasteiger partial charge in [0.05, 0.1) is 14.3 Å². The fraction of sp³-hybridized carbons (Fsp3) is 0.0556. The summed E-state index contributed by atoms with van der Waals surface area (Å²) >= 11 is 3.55. The molecule has 2 aromatic carbocycles. The summed E-state index contributed by atoms with van der Waals surface area (Å²) in [5, 5.41) is 22.4. The lowest BCUT2D eigenvalue weighted by molar-refractivity contribution is -0.386. The predicted molar refractivity (Wildman–Crippen MR) is 110 cm³/mol. The molecule has 3 amide bonds. The molecule has 154 valence electrons. The van der Waals surface area contributed by atoms with Gasteiger partial charge in [-0.25, -0.2) is 4.39 Å². The number of phenols is 1. The lowest BCUT2D eigenvalue weighted by atomic mass is 10.1. The summed E-state index contributed by atoms with van der Waals surface area (Å²) in [6, 6.07) is 7.51. The third kappa shape index (κ3) is 4.66. The Bertz CT molecular complexity index is 1120. The number of phenolic OH excluding ortho intramolecular Hbond substituents is 1. The number of amides is 3. The minimum absolute atomic E-state index is 0.0386. The van der Waals surface area contributed by atoms with Crippen LogP contribution in [0.3, 0.4) is 0 Å². The first-order chi connectivity index (χ1) is 14.2. The van der Waals surface area contributed by atoms with Crippen molar-refractivity contribution < 1.29 is 28.8 Å². The van der Waals surface area contributed by atoms with Gasteiger partial charge in [0.15, 0.2) is 0 Å². The Labute approximate surface area is 180 Å². The van der Waals surface area contributed by atoms with E-state index in [1.54, 1.807) is 0 Å². The number of aromatic hydroxyl groups is 1. The van der Waals surface area contributed by atoms with Crippen molar-refractivity contribution in [2.24, 2.45) is 0 Å². The van der Waals surface area contributed by atoms with Gasteiger partial charge in [-0.3, -0.25) is 29.4 Å². The number of imide groups is 1. The van der Waals surface area contributed by atoms with Gasteiger partial charge in [0, 0.05) is 11.8 Å². The second-order valence-electron chi connectivity index (χ2n) is 5.95. The maximum Gasteiger partial charge on any atom is 0.312 e. The Kier molecular flexibility index (Phi) is 6.17. The molecule has 3 rings (SSSR count). The number of hydrogen-bond donors (Lipinski definition) is 2. The summed E-state index contributed by atoms with van der Waals surface area (Å²) in [4.78, 5) is 47.7. The number of nitro groups is 1. The molecule has 1 aliphatic rings. The van der Waals surface area contributed by atoms with Gasteiger partial charge in [-0.15, -0.1) is 0 Å². The van der Waals surface area contributed by atoms with E-state index in [2.05, 4.69) is 21.2 Å². The van der Waals surface area contributed by atoms with Crippen molar-refractivity contribution in [2.45, 2.75) is 0 Å². The van der Waals surface area contributed by atoms with Crippen molar-refractivity contribution in [2.75, 3.05) is 11.9 Å². The average Bonchev–Trinajstić information content (AvgIpc) is 2.91. The van der Waals surface area contributed by atoms with Crippen molar-refractivity contribution in [1.29, 1.82) is 0 Å². The monoisotopic (exact) mass is 495 g/mol. The molecule has 0 atom stereocenters. The van der Waals surface area contributed by atoms with Crippen molar-refractivity contribution in [3.63, 3.8) is 0 Å². The molecule has 1 saturated heterocycles. The van der Waals surface area contributed by atoms with Gasteiger partial charge in [-0.05, 0) is 63.6 Å². The smallest absolute Gasteiger partial charge is 0.312 e. The summed E-state index contributed by atoms with van der Waals surface area (Å²) < 4.78 is 13.2. The second-order valence-corrected chi connectivity index (χ2v) is 7.80. The SMILES string of the molecule is O=C(CN1C(=O)S/C(=C/c2cc(Br)c(O)c([N+](=O)[O-])c2)C1=O)Nc1cccc(F)c1. The fourth-order valence-corrected chi connectivity index (χ4v) is 3.83. The number of carbonyl (C=O) groups is 3. The van der Waals surface area contributed by atoms with E-state index in [1.165, 1.54) is 30.3 Å². The molecule has 0 radical (unpaired) electrons. The molecular weight excluding hydrogens is 485 g/mol. The number of hydrogen-bond acceptors (Lipinski definition) is 7. The molecule has 0 aliphatic carbocycles. The van der Waals surface area contributed by atoms with Crippen LogP contribution in [0.5, 0.6) is 5.75 Å². The largest absolute Gasteiger partial charge is 0.501 e. The normalized spacial score (nSPS) is 15.0. The minimum Gasteiger partial charge on any atom is -0.501 e. The maximum atomic E-state index is 13.2. The van der Waals surface area contributed by atoms with E-state index in [0.717, 1.165) is 12.1 Å². The molecule has 0 saturated carbocycles. The first-order valence-electron chi connectivity index (χ1n) is 8.13. The standard InChI is InChI=1S/C18H11BrFN3O6S/c19-12-4-9(5-13(16(12)25)23(28)29)6-14-17(26)22(18(27)30-14)8-15(24)21-11-3-1-2-10(20)7-11/h1-7,25H,8H2,(H,21,24)/b14-6+. The number of halogens is 2. The van der Waals surface area contributed by atoms with E-state index in [9.17, 15) is 34.0 Å². The predicted octanol–water partition coefficient (Wildman–Crippen LogP) is 3.88. The molecule has 0 unspecified atom stereocenters. The number of carbonyl (C=O) groups excluding carboxylic acids is 3. The van der Waals surface area contributed by atoms with Crippen molar-refractivity contribution in [3.8, 4) is 5.75 Å². The number of rotatable bonds is 5.